The number of anilines is 1. The maximum atomic E-state index is 12.1. The van der Waals surface area contributed by atoms with Crippen LogP contribution >= 0.6 is 0 Å². The molecule has 1 rings (SSSR count). The molecule has 0 aliphatic carbocycles. The van der Waals surface area contributed by atoms with E-state index in [0.717, 1.165) is 0 Å². The van der Waals surface area contributed by atoms with Gasteiger partial charge in [0.1, 0.15) is 0 Å². The van der Waals surface area contributed by atoms with Crippen LogP contribution in [0.25, 0.3) is 0 Å². The molecule has 0 heterocycles. The zero-order valence-corrected chi connectivity index (χ0v) is 14.7. The Bertz CT molecular complexity index is 736. The topological polar surface area (TPSA) is 95.9 Å². The highest BCUT2D eigenvalue weighted by Crippen LogP contribution is 2.14. The number of amides is 1. The molecule has 0 aliphatic heterocycles. The van der Waals surface area contributed by atoms with Crippen LogP contribution < -0.4 is 4.72 Å². The second-order valence-corrected chi connectivity index (χ2v) is 9.06. The van der Waals surface area contributed by atoms with Crippen LogP contribution in [-0.4, -0.2) is 48.4 Å². The summed E-state index contributed by atoms with van der Waals surface area (Å²) >= 11 is 0. The van der Waals surface area contributed by atoms with Crippen molar-refractivity contribution in [2.24, 2.45) is 4.36 Å². The Kier molecular flexibility index (Phi) is 6.09. The summed E-state index contributed by atoms with van der Waals surface area (Å²) in [5.41, 5.74) is 0.597. The largest absolute Gasteiger partial charge is 0.301 e. The number of benzene rings is 1. The van der Waals surface area contributed by atoms with Crippen LogP contribution in [0.1, 0.15) is 24.2 Å². The van der Waals surface area contributed by atoms with Crippen molar-refractivity contribution in [2.75, 3.05) is 30.3 Å². The number of hydrogen-bond acceptors (Lipinski definition) is 4. The molecule has 0 radical (unpaired) electrons. The normalized spacial score (nSPS) is 12.2. The van der Waals surface area contributed by atoms with Crippen molar-refractivity contribution in [2.45, 2.75) is 13.8 Å². The molecule has 0 atom stereocenters. The fraction of sp³-hybridized carbons (Fsp3) is 0.462. The van der Waals surface area contributed by atoms with Crippen molar-refractivity contribution < 1.29 is 17.4 Å². The first-order chi connectivity index (χ1) is 10.1. The molecule has 0 aromatic heterocycles. The molecule has 0 saturated heterocycles. The third-order valence-electron chi connectivity index (χ3n) is 2.73. The highest BCUT2D eigenvalue weighted by atomic mass is 32.2. The number of rotatable bonds is 6. The molecule has 0 spiro atoms. The summed E-state index contributed by atoms with van der Waals surface area (Å²) in [6.45, 7) is 4.23. The summed E-state index contributed by atoms with van der Waals surface area (Å²) in [7, 11) is -6.13. The molecule has 0 aliphatic rings. The predicted octanol–water partition coefficient (Wildman–Crippen LogP) is 1.55. The Hall–Kier alpha value is -1.45. The molecule has 1 N–H and O–H groups in total. The van der Waals surface area contributed by atoms with Crippen molar-refractivity contribution in [3.63, 3.8) is 0 Å². The highest BCUT2D eigenvalue weighted by molar-refractivity contribution is 7.92. The zero-order valence-electron chi connectivity index (χ0n) is 13.1. The Morgan fingerprint density at radius 1 is 1.09 bits per heavy atom. The van der Waals surface area contributed by atoms with Crippen LogP contribution in [0.4, 0.5) is 5.69 Å². The summed E-state index contributed by atoms with van der Waals surface area (Å²) in [5, 5.41) is 0. The van der Waals surface area contributed by atoms with Gasteiger partial charge in [-0.15, -0.1) is 0 Å². The monoisotopic (exact) mass is 347 g/mol. The smallest absolute Gasteiger partial charge is 0.271 e. The van der Waals surface area contributed by atoms with E-state index in [4.69, 9.17) is 0 Å². The van der Waals surface area contributed by atoms with Crippen molar-refractivity contribution >= 4 is 31.5 Å². The Morgan fingerprint density at radius 3 is 2.00 bits per heavy atom. The first-order valence-electron chi connectivity index (χ1n) is 6.68. The third-order valence-corrected chi connectivity index (χ3v) is 5.02. The molecule has 124 valence electrons. The van der Waals surface area contributed by atoms with Crippen molar-refractivity contribution in [3.05, 3.63) is 29.8 Å². The van der Waals surface area contributed by atoms with Gasteiger partial charge in [-0.25, -0.2) is 4.21 Å². The van der Waals surface area contributed by atoms with Gasteiger partial charge in [-0.3, -0.25) is 9.52 Å². The standard InChI is InChI=1S/C13H21N3O4S2/c1-5-16(6-2)22(19,20)14-12-9-7-11(8-10-12)13(17)15-21(3,4)18/h7-10,14H,5-6H2,1-4H3. The minimum Gasteiger partial charge on any atom is -0.271 e. The lowest BCUT2D eigenvalue weighted by Gasteiger charge is -2.19. The van der Waals surface area contributed by atoms with E-state index in [1.54, 1.807) is 13.8 Å². The first kappa shape index (κ1) is 18.6. The van der Waals surface area contributed by atoms with Gasteiger partial charge in [0.05, 0.1) is 0 Å². The van der Waals surface area contributed by atoms with Gasteiger partial charge >= 0.3 is 10.2 Å². The Labute approximate surface area is 132 Å². The van der Waals surface area contributed by atoms with E-state index in [1.165, 1.54) is 41.1 Å². The fourth-order valence-corrected chi connectivity index (χ4v) is 3.46. The SMILES string of the molecule is CCN(CC)S(=O)(=O)Nc1ccc(C(=O)N=S(C)(C)=O)cc1. The van der Waals surface area contributed by atoms with E-state index in [9.17, 15) is 17.4 Å². The van der Waals surface area contributed by atoms with E-state index >= 15 is 0 Å². The molecular formula is C13H21N3O4S2. The molecule has 22 heavy (non-hydrogen) atoms. The lowest BCUT2D eigenvalue weighted by molar-refractivity contribution is 0.100. The quantitative estimate of drug-likeness (QED) is 0.844. The van der Waals surface area contributed by atoms with Crippen LogP contribution in [0, 0.1) is 0 Å². The average molecular weight is 347 g/mol. The van der Waals surface area contributed by atoms with Crippen molar-refractivity contribution in [3.8, 4) is 0 Å². The number of nitrogens with zero attached hydrogens (tertiary/aromatic N) is 2. The summed E-state index contributed by atoms with van der Waals surface area (Å²) in [6.07, 6.45) is 2.75. The van der Waals surface area contributed by atoms with Crippen molar-refractivity contribution in [1.29, 1.82) is 0 Å². The molecule has 0 unspecified atom stereocenters. The van der Waals surface area contributed by atoms with Gasteiger partial charge in [0.25, 0.3) is 5.91 Å². The molecule has 0 bridgehead atoms. The Balaban J connectivity index is 2.95. The van der Waals surface area contributed by atoms with Gasteiger partial charge in [-0.05, 0) is 24.3 Å². The highest BCUT2D eigenvalue weighted by Gasteiger charge is 2.18. The molecule has 1 aromatic carbocycles. The van der Waals surface area contributed by atoms with E-state index in [1.807, 2.05) is 0 Å². The van der Waals surface area contributed by atoms with Crippen LogP contribution in [0.15, 0.2) is 28.6 Å². The molecule has 1 amide bonds. The third kappa shape index (κ3) is 5.39. The van der Waals surface area contributed by atoms with E-state index in [0.29, 0.717) is 18.8 Å². The van der Waals surface area contributed by atoms with E-state index in [-0.39, 0.29) is 5.56 Å². The lowest BCUT2D eigenvalue weighted by Crippen LogP contribution is -2.35. The average Bonchev–Trinajstić information content (AvgIpc) is 2.38. The Morgan fingerprint density at radius 2 is 1.59 bits per heavy atom. The van der Waals surface area contributed by atoms with Crippen molar-refractivity contribution in [1.82, 2.24) is 4.31 Å². The van der Waals surface area contributed by atoms with Crippen LogP contribution in [0.2, 0.25) is 0 Å². The second-order valence-electron chi connectivity index (χ2n) is 4.85. The van der Waals surface area contributed by atoms with E-state index < -0.39 is 25.8 Å². The summed E-state index contributed by atoms with van der Waals surface area (Å²) in [6, 6.07) is 5.82. The first-order valence-corrected chi connectivity index (χ1v) is 10.5. The molecule has 1 aromatic rings. The zero-order chi connectivity index (χ0) is 17.0. The van der Waals surface area contributed by atoms with Crippen LogP contribution in [-0.2, 0) is 19.9 Å². The molecule has 0 fully saturated rings. The number of hydrogen-bond donors (Lipinski definition) is 1. The summed E-state index contributed by atoms with van der Waals surface area (Å²) in [4.78, 5) is 11.8. The summed E-state index contributed by atoms with van der Waals surface area (Å²) in [5.74, 6) is -0.590. The minimum atomic E-state index is -3.61. The van der Waals surface area contributed by atoms with Gasteiger partial charge in [0.15, 0.2) is 0 Å². The minimum absolute atomic E-state index is 0.252. The van der Waals surface area contributed by atoms with Crippen LogP contribution in [0.3, 0.4) is 0 Å². The van der Waals surface area contributed by atoms with Gasteiger partial charge in [0.2, 0.25) is 0 Å². The van der Waals surface area contributed by atoms with Crippen LogP contribution in [0.5, 0.6) is 0 Å². The van der Waals surface area contributed by atoms with E-state index in [2.05, 4.69) is 9.08 Å². The van der Waals surface area contributed by atoms with Gasteiger partial charge in [-0.1, -0.05) is 13.8 Å². The summed E-state index contributed by atoms with van der Waals surface area (Å²) < 4.78 is 42.9. The maximum Gasteiger partial charge on any atom is 0.301 e. The second kappa shape index (κ2) is 7.21. The van der Waals surface area contributed by atoms with Gasteiger partial charge in [-0.2, -0.15) is 17.1 Å². The number of carbonyl (C=O) groups excluding carboxylic acids is 1. The maximum absolute atomic E-state index is 12.1. The number of nitrogens with one attached hydrogen (secondary N) is 1. The van der Waals surface area contributed by atoms with Gasteiger partial charge in [0, 0.05) is 46.6 Å². The molecule has 9 heteroatoms. The molecule has 0 saturated carbocycles. The molecular weight excluding hydrogens is 326 g/mol. The predicted molar refractivity (Wildman–Crippen MR) is 88.7 cm³/mol. The molecule has 7 nitrogen and oxygen atoms in total. The van der Waals surface area contributed by atoms with Gasteiger partial charge < -0.3 is 0 Å². The number of carbonyl (C=O) groups is 1. The fourth-order valence-electron chi connectivity index (χ4n) is 1.71. The lowest BCUT2D eigenvalue weighted by atomic mass is 10.2.